The summed E-state index contributed by atoms with van der Waals surface area (Å²) in [4.78, 5) is 0. The summed E-state index contributed by atoms with van der Waals surface area (Å²) in [6, 6.07) is 0. The first kappa shape index (κ1) is 9.63. The molecule has 1 radical (unpaired) electrons. The van der Waals surface area contributed by atoms with Crippen molar-refractivity contribution in [1.29, 1.82) is 0 Å². The largest absolute Gasteiger partial charge is 0.100 e. The van der Waals surface area contributed by atoms with Crippen LogP contribution in [0.1, 0.15) is 13.8 Å². The van der Waals surface area contributed by atoms with Crippen LogP contribution in [0.2, 0.25) is 0 Å². The van der Waals surface area contributed by atoms with Crippen LogP contribution in [-0.4, -0.2) is 0 Å². The number of hydrogen-bond donors (Lipinski definition) is 0. The van der Waals surface area contributed by atoms with Gasteiger partial charge in [0.15, 0.2) is 0 Å². The summed E-state index contributed by atoms with van der Waals surface area (Å²) in [7, 11) is 4.22. The van der Waals surface area contributed by atoms with Crippen molar-refractivity contribution in [3.63, 3.8) is 0 Å². The highest BCUT2D eigenvalue weighted by Gasteiger charge is 1.51. The predicted octanol–water partition coefficient (Wildman–Crippen LogP) is 2.92. The van der Waals surface area contributed by atoms with Crippen molar-refractivity contribution < 1.29 is 0 Å². The Morgan fingerprint density at radius 2 is 1.50 bits per heavy atom. The molecule has 0 unspecified atom stereocenters. The zero-order valence-electron chi connectivity index (χ0n) is 3.99. The van der Waals surface area contributed by atoms with Crippen LogP contribution in [0.15, 0.2) is 12.2 Å². The van der Waals surface area contributed by atoms with Gasteiger partial charge in [-0.05, 0) is 24.5 Å². The number of allylic oxidation sites excluding steroid dienone is 1. The summed E-state index contributed by atoms with van der Waals surface area (Å²) in [5, 5.41) is 0. The zero-order valence-corrected chi connectivity index (χ0v) is 5.57. The van der Waals surface area contributed by atoms with Crippen LogP contribution in [0.3, 0.4) is 0 Å². The van der Waals surface area contributed by atoms with Crippen LogP contribution in [0, 0.1) is 0 Å². The van der Waals surface area contributed by atoms with E-state index in [-0.39, 0.29) is 0 Å². The molecule has 0 spiro atoms. The van der Waals surface area contributed by atoms with E-state index in [0.717, 1.165) is 0 Å². The minimum atomic E-state index is 1.17. The Bertz CT molecular complexity index is 30.5. The molecule has 2 heteroatoms. The van der Waals surface area contributed by atoms with E-state index in [1.807, 2.05) is 13.8 Å². The molecular formula is C4H8ClS. The second-order valence-electron chi connectivity index (χ2n) is 1.21. The van der Waals surface area contributed by atoms with Gasteiger partial charge < -0.3 is 0 Å². The van der Waals surface area contributed by atoms with Gasteiger partial charge in [0.2, 0.25) is 0 Å². The Morgan fingerprint density at radius 1 is 1.50 bits per heavy atom. The number of halogens is 1. The molecule has 0 N–H and O–H groups in total. The molecule has 37 valence electrons. The number of hydrogen-bond acceptors (Lipinski definition) is 0. The van der Waals surface area contributed by atoms with Gasteiger partial charge in [0.05, 0.1) is 0 Å². The lowest BCUT2D eigenvalue weighted by Crippen LogP contribution is -1.43. The lowest BCUT2D eigenvalue weighted by atomic mass is 10.4. The minimum absolute atomic E-state index is 1.17. The van der Waals surface area contributed by atoms with Crippen molar-refractivity contribution in [1.82, 2.24) is 0 Å². The van der Waals surface area contributed by atoms with Gasteiger partial charge in [0.1, 0.15) is 0 Å². The van der Waals surface area contributed by atoms with Gasteiger partial charge in [-0.2, -0.15) is 0 Å². The van der Waals surface area contributed by atoms with Gasteiger partial charge >= 0.3 is 0 Å². The fraction of sp³-hybridized carbons (Fsp3) is 0.500. The smallest absolute Gasteiger partial charge is 0.0305 e. The van der Waals surface area contributed by atoms with Gasteiger partial charge in [-0.1, -0.05) is 5.57 Å². The molecule has 0 bridgehead atoms. The average molecular weight is 124 g/mol. The molecule has 0 nitrogen and oxygen atoms in total. The number of rotatable bonds is 0. The van der Waals surface area contributed by atoms with E-state index in [1.54, 1.807) is 0 Å². The molecule has 0 fully saturated rings. The SMILES string of the molecule is C=C(C)C.[S]Cl. The van der Waals surface area contributed by atoms with Crippen LogP contribution < -0.4 is 0 Å². The molecule has 0 aliphatic carbocycles. The van der Waals surface area contributed by atoms with Gasteiger partial charge in [0, 0.05) is 11.8 Å². The molecule has 0 saturated carbocycles. The fourth-order valence-electron chi connectivity index (χ4n) is 0. The van der Waals surface area contributed by atoms with Crippen LogP contribution in [0.4, 0.5) is 0 Å². The second-order valence-corrected chi connectivity index (χ2v) is 1.21. The van der Waals surface area contributed by atoms with Crippen LogP contribution in [-0.2, 0) is 0 Å². The maximum atomic E-state index is 4.22. The van der Waals surface area contributed by atoms with E-state index in [0.29, 0.717) is 0 Å². The summed E-state index contributed by atoms with van der Waals surface area (Å²) < 4.78 is 0. The summed E-state index contributed by atoms with van der Waals surface area (Å²) >= 11 is 3.56. The molecule has 0 rings (SSSR count). The summed E-state index contributed by atoms with van der Waals surface area (Å²) in [5.74, 6) is 0. The molecule has 0 aliphatic heterocycles. The van der Waals surface area contributed by atoms with Gasteiger partial charge in [0.25, 0.3) is 0 Å². The summed E-state index contributed by atoms with van der Waals surface area (Å²) in [6.45, 7) is 7.50. The highest BCUT2D eigenvalue weighted by atomic mass is 35.7. The van der Waals surface area contributed by atoms with Crippen molar-refractivity contribution in [2.45, 2.75) is 13.8 Å². The van der Waals surface area contributed by atoms with Crippen LogP contribution in [0.25, 0.3) is 0 Å². The fourth-order valence-corrected chi connectivity index (χ4v) is 0. The molecule has 0 aliphatic rings. The highest BCUT2D eigenvalue weighted by molar-refractivity contribution is 8.05. The lowest BCUT2D eigenvalue weighted by Gasteiger charge is -1.65. The predicted molar refractivity (Wildman–Crippen MR) is 33.9 cm³/mol. The molecule has 0 aromatic rings. The third-order valence-electron chi connectivity index (χ3n) is 0. The Balaban J connectivity index is 0. The van der Waals surface area contributed by atoms with E-state index in [4.69, 9.17) is 0 Å². The zero-order chi connectivity index (χ0) is 5.58. The lowest BCUT2D eigenvalue weighted by molar-refractivity contribution is 1.42. The Hall–Kier alpha value is 0.380. The molecule has 0 saturated heterocycles. The van der Waals surface area contributed by atoms with E-state index < -0.39 is 0 Å². The standard InChI is InChI=1S/C4H8.ClS/c1-4(2)3;1-2/h1H2,2-3H3;. The summed E-state index contributed by atoms with van der Waals surface area (Å²) in [5.41, 5.74) is 1.17. The molecular weight excluding hydrogens is 116 g/mol. The Kier molecular flexibility index (Phi) is 14.5. The van der Waals surface area contributed by atoms with Gasteiger partial charge in [-0.15, -0.1) is 6.58 Å². The van der Waals surface area contributed by atoms with Crippen molar-refractivity contribution in [2.75, 3.05) is 0 Å². The van der Waals surface area contributed by atoms with Crippen molar-refractivity contribution in [2.24, 2.45) is 0 Å². The molecule has 0 heterocycles. The van der Waals surface area contributed by atoms with Crippen molar-refractivity contribution in [3.05, 3.63) is 12.2 Å². The van der Waals surface area contributed by atoms with Crippen LogP contribution in [0.5, 0.6) is 0 Å². The molecule has 0 aromatic carbocycles. The highest BCUT2D eigenvalue weighted by Crippen LogP contribution is 1.73. The minimum Gasteiger partial charge on any atom is -0.100 e. The van der Waals surface area contributed by atoms with Crippen molar-refractivity contribution in [3.8, 4) is 0 Å². The van der Waals surface area contributed by atoms with Crippen LogP contribution >= 0.6 is 22.5 Å². The maximum Gasteiger partial charge on any atom is 0.0305 e. The van der Waals surface area contributed by atoms with Crippen molar-refractivity contribution >= 4 is 22.5 Å². The third-order valence-corrected chi connectivity index (χ3v) is 0. The van der Waals surface area contributed by atoms with Gasteiger partial charge in [-0.3, -0.25) is 0 Å². The van der Waals surface area contributed by atoms with Gasteiger partial charge in [-0.25, -0.2) is 0 Å². The van der Waals surface area contributed by atoms with E-state index in [2.05, 4.69) is 29.1 Å². The second kappa shape index (κ2) is 9.03. The van der Waals surface area contributed by atoms with E-state index in [1.165, 1.54) is 5.57 Å². The first-order valence-corrected chi connectivity index (χ1v) is 2.74. The van der Waals surface area contributed by atoms with E-state index >= 15 is 0 Å². The molecule has 0 amide bonds. The molecule has 0 aromatic heterocycles. The quantitative estimate of drug-likeness (QED) is 0.435. The Morgan fingerprint density at radius 3 is 1.50 bits per heavy atom. The first-order valence-electron chi connectivity index (χ1n) is 1.51. The molecule has 0 atom stereocenters. The monoisotopic (exact) mass is 123 g/mol. The topological polar surface area (TPSA) is 0 Å². The molecule has 6 heavy (non-hydrogen) atoms. The summed E-state index contributed by atoms with van der Waals surface area (Å²) in [6.07, 6.45) is 0. The average Bonchev–Trinajstić information content (AvgIpc) is 1.41. The maximum absolute atomic E-state index is 4.22. The van der Waals surface area contributed by atoms with E-state index in [9.17, 15) is 0 Å². The third kappa shape index (κ3) is 347. The normalized spacial score (nSPS) is 5.33. The Labute approximate surface area is 49.1 Å². The first-order chi connectivity index (χ1) is 2.73.